The van der Waals surface area contributed by atoms with Gasteiger partial charge >= 0.3 is 0 Å². The van der Waals surface area contributed by atoms with Crippen LogP contribution in [0.4, 0.5) is 0 Å². The maximum atomic E-state index is 12.8. The van der Waals surface area contributed by atoms with Gasteiger partial charge in [-0.2, -0.15) is 0 Å². The van der Waals surface area contributed by atoms with E-state index < -0.39 is 29.7 Å². The molecule has 2 aliphatic rings. The molecular weight excluding hydrogens is 336 g/mol. The minimum Gasteiger partial charge on any atom is -0.508 e. The number of hydrogen-bond donors (Lipinski definition) is 2. The van der Waals surface area contributed by atoms with Crippen molar-refractivity contribution in [3.05, 3.63) is 53.6 Å². The molecule has 1 atom stereocenters. The predicted molar refractivity (Wildman–Crippen MR) is 90.2 cm³/mol. The number of piperidine rings is 1. The number of aromatic hydroxyl groups is 1. The van der Waals surface area contributed by atoms with Crippen LogP contribution in [0.3, 0.4) is 0 Å². The molecule has 2 N–H and O–H groups in total. The van der Waals surface area contributed by atoms with Gasteiger partial charge in [0.15, 0.2) is 0 Å². The third-order valence-electron chi connectivity index (χ3n) is 4.64. The number of carbonyl (C=O) groups is 4. The summed E-state index contributed by atoms with van der Waals surface area (Å²) in [5, 5.41) is 11.6. The van der Waals surface area contributed by atoms with Gasteiger partial charge in [-0.3, -0.25) is 29.4 Å². The Bertz CT molecular complexity index is 964. The molecule has 2 aromatic rings. The second-order valence-electron chi connectivity index (χ2n) is 6.25. The molecule has 0 bridgehead atoms. The average molecular weight is 350 g/mol. The van der Waals surface area contributed by atoms with Crippen molar-refractivity contribution >= 4 is 23.6 Å². The van der Waals surface area contributed by atoms with Crippen LogP contribution in [0.25, 0.3) is 11.1 Å². The molecule has 2 aliphatic heterocycles. The Balaban J connectivity index is 1.69. The normalized spacial score (nSPS) is 19.5. The number of fused-ring (bicyclic) bond motifs is 1. The molecular formula is C19H14N2O5. The molecule has 4 rings (SSSR count). The number of imide groups is 2. The number of nitrogens with one attached hydrogen (secondary N) is 1. The molecule has 130 valence electrons. The van der Waals surface area contributed by atoms with E-state index in [0.717, 1.165) is 16.0 Å². The Kier molecular flexibility index (Phi) is 3.57. The maximum absolute atomic E-state index is 12.8. The molecule has 7 heteroatoms. The zero-order valence-corrected chi connectivity index (χ0v) is 13.6. The van der Waals surface area contributed by atoms with Crippen molar-refractivity contribution in [3.63, 3.8) is 0 Å². The molecule has 2 heterocycles. The molecule has 1 saturated heterocycles. The van der Waals surface area contributed by atoms with E-state index in [1.165, 1.54) is 12.1 Å². The van der Waals surface area contributed by atoms with Gasteiger partial charge in [0.05, 0.1) is 11.1 Å². The molecule has 2 aromatic carbocycles. The van der Waals surface area contributed by atoms with Crippen LogP contribution < -0.4 is 5.32 Å². The number of rotatable bonds is 2. The molecule has 1 unspecified atom stereocenters. The lowest BCUT2D eigenvalue weighted by Gasteiger charge is -2.27. The lowest BCUT2D eigenvalue weighted by atomic mass is 10.0. The molecule has 4 amide bonds. The van der Waals surface area contributed by atoms with E-state index in [2.05, 4.69) is 5.32 Å². The lowest BCUT2D eigenvalue weighted by Crippen LogP contribution is -2.54. The molecule has 0 radical (unpaired) electrons. The summed E-state index contributed by atoms with van der Waals surface area (Å²) in [7, 11) is 0. The highest BCUT2D eigenvalue weighted by atomic mass is 16.3. The van der Waals surface area contributed by atoms with Crippen molar-refractivity contribution in [2.24, 2.45) is 0 Å². The van der Waals surface area contributed by atoms with Gasteiger partial charge in [-0.05, 0) is 41.8 Å². The largest absolute Gasteiger partial charge is 0.508 e. The Hall–Kier alpha value is -3.48. The molecule has 7 nitrogen and oxygen atoms in total. The summed E-state index contributed by atoms with van der Waals surface area (Å²) in [6.07, 6.45) is 0.212. The minimum absolute atomic E-state index is 0.0859. The number of hydrogen-bond acceptors (Lipinski definition) is 5. The van der Waals surface area contributed by atoms with Crippen LogP contribution in [-0.2, 0) is 9.59 Å². The summed E-state index contributed by atoms with van der Waals surface area (Å²) in [6.45, 7) is 0. The van der Waals surface area contributed by atoms with Crippen LogP contribution in [0.15, 0.2) is 42.5 Å². The van der Waals surface area contributed by atoms with E-state index in [0.29, 0.717) is 0 Å². The van der Waals surface area contributed by atoms with Crippen molar-refractivity contribution in [3.8, 4) is 16.9 Å². The van der Waals surface area contributed by atoms with Gasteiger partial charge in [0.2, 0.25) is 11.8 Å². The fraction of sp³-hybridized carbons (Fsp3) is 0.158. The molecule has 0 aromatic heterocycles. The minimum atomic E-state index is -0.975. The summed E-state index contributed by atoms with van der Waals surface area (Å²) in [5.74, 6) is -1.98. The molecule has 1 fully saturated rings. The lowest BCUT2D eigenvalue weighted by molar-refractivity contribution is -0.136. The van der Waals surface area contributed by atoms with E-state index in [1.54, 1.807) is 30.3 Å². The first-order valence-electron chi connectivity index (χ1n) is 8.11. The summed E-state index contributed by atoms with van der Waals surface area (Å²) in [6, 6.07) is 10.4. The van der Waals surface area contributed by atoms with Crippen molar-refractivity contribution in [1.82, 2.24) is 10.2 Å². The van der Waals surface area contributed by atoms with Gasteiger partial charge in [0.25, 0.3) is 11.8 Å². The highest BCUT2D eigenvalue weighted by Gasteiger charge is 2.44. The zero-order valence-electron chi connectivity index (χ0n) is 13.6. The fourth-order valence-corrected chi connectivity index (χ4v) is 3.30. The number of benzene rings is 2. The maximum Gasteiger partial charge on any atom is 0.262 e. The van der Waals surface area contributed by atoms with E-state index in [4.69, 9.17) is 0 Å². The van der Waals surface area contributed by atoms with Crippen LogP contribution >= 0.6 is 0 Å². The Labute approximate surface area is 148 Å². The average Bonchev–Trinajstić information content (AvgIpc) is 2.87. The van der Waals surface area contributed by atoms with Crippen LogP contribution in [-0.4, -0.2) is 39.7 Å². The molecule has 26 heavy (non-hydrogen) atoms. The first-order valence-corrected chi connectivity index (χ1v) is 8.11. The number of phenolic OH excluding ortho intramolecular Hbond substituents is 1. The highest BCUT2D eigenvalue weighted by molar-refractivity contribution is 6.23. The van der Waals surface area contributed by atoms with E-state index in [1.807, 2.05) is 0 Å². The van der Waals surface area contributed by atoms with Gasteiger partial charge in [-0.25, -0.2) is 0 Å². The highest BCUT2D eigenvalue weighted by Crippen LogP contribution is 2.31. The van der Waals surface area contributed by atoms with E-state index in [-0.39, 0.29) is 29.7 Å². The number of amides is 4. The van der Waals surface area contributed by atoms with Crippen LogP contribution in [0.1, 0.15) is 33.6 Å². The van der Waals surface area contributed by atoms with Crippen molar-refractivity contribution in [1.29, 1.82) is 0 Å². The van der Waals surface area contributed by atoms with Crippen LogP contribution in [0.2, 0.25) is 0 Å². The SMILES string of the molecule is O=C1CCC(N2C(=O)c3ccc(-c4ccc(O)cc4)cc3C2=O)C(=O)N1. The summed E-state index contributed by atoms with van der Waals surface area (Å²) >= 11 is 0. The Morgan fingerprint density at radius 3 is 2.23 bits per heavy atom. The smallest absolute Gasteiger partial charge is 0.262 e. The fourth-order valence-electron chi connectivity index (χ4n) is 3.30. The topological polar surface area (TPSA) is 104 Å². The van der Waals surface area contributed by atoms with Gasteiger partial charge < -0.3 is 5.11 Å². The Morgan fingerprint density at radius 2 is 1.54 bits per heavy atom. The summed E-state index contributed by atoms with van der Waals surface area (Å²) < 4.78 is 0. The first-order chi connectivity index (χ1) is 12.5. The second-order valence-corrected chi connectivity index (χ2v) is 6.25. The van der Waals surface area contributed by atoms with Crippen molar-refractivity contribution in [2.75, 3.05) is 0 Å². The third-order valence-corrected chi connectivity index (χ3v) is 4.64. The quantitative estimate of drug-likeness (QED) is 0.798. The van der Waals surface area contributed by atoms with E-state index in [9.17, 15) is 24.3 Å². The zero-order chi connectivity index (χ0) is 18.4. The van der Waals surface area contributed by atoms with Crippen LogP contribution in [0, 0.1) is 0 Å². The summed E-state index contributed by atoms with van der Waals surface area (Å²) in [5.41, 5.74) is 1.97. The molecule has 0 saturated carbocycles. The number of phenols is 1. The monoisotopic (exact) mass is 350 g/mol. The van der Waals surface area contributed by atoms with Crippen molar-refractivity contribution in [2.45, 2.75) is 18.9 Å². The van der Waals surface area contributed by atoms with Gasteiger partial charge in [0.1, 0.15) is 11.8 Å². The third kappa shape index (κ3) is 2.45. The number of carbonyl (C=O) groups excluding carboxylic acids is 4. The van der Waals surface area contributed by atoms with Gasteiger partial charge in [0, 0.05) is 6.42 Å². The van der Waals surface area contributed by atoms with E-state index >= 15 is 0 Å². The standard InChI is InChI=1S/C19H14N2O5/c22-12-4-1-10(2-5-12)11-3-6-13-14(9-11)19(26)21(18(13)25)15-7-8-16(23)20-17(15)24/h1-6,9,15,22H,7-8H2,(H,20,23,24). The number of nitrogens with zero attached hydrogens (tertiary/aromatic N) is 1. The van der Waals surface area contributed by atoms with Gasteiger partial charge in [-0.1, -0.05) is 18.2 Å². The second kappa shape index (κ2) is 5.80. The first kappa shape index (κ1) is 16.0. The van der Waals surface area contributed by atoms with Crippen molar-refractivity contribution < 1.29 is 24.3 Å². The molecule has 0 aliphatic carbocycles. The van der Waals surface area contributed by atoms with Gasteiger partial charge in [-0.15, -0.1) is 0 Å². The Morgan fingerprint density at radius 1 is 0.885 bits per heavy atom. The van der Waals surface area contributed by atoms with Crippen LogP contribution in [0.5, 0.6) is 5.75 Å². The predicted octanol–water partition coefficient (Wildman–Crippen LogP) is 1.46. The molecule has 0 spiro atoms. The summed E-state index contributed by atoms with van der Waals surface area (Å²) in [4.78, 5) is 49.7.